The van der Waals surface area contributed by atoms with Crippen LogP contribution >= 0.6 is 0 Å². The second kappa shape index (κ2) is 6.63. The van der Waals surface area contributed by atoms with Gasteiger partial charge in [-0.2, -0.15) is 5.10 Å². The third kappa shape index (κ3) is 2.62. The first-order valence-electron chi connectivity index (χ1n) is 9.45. The van der Waals surface area contributed by atoms with Crippen LogP contribution in [0.15, 0.2) is 24.3 Å². The van der Waals surface area contributed by atoms with Crippen LogP contribution in [0.1, 0.15) is 36.8 Å². The molecule has 1 aromatic carbocycles. The van der Waals surface area contributed by atoms with Gasteiger partial charge in [0.2, 0.25) is 0 Å². The second-order valence-corrected chi connectivity index (χ2v) is 6.99. The molecular formula is C21H26N4O. The molecule has 5 heteroatoms. The van der Waals surface area contributed by atoms with Crippen LogP contribution < -0.4 is 9.64 Å². The summed E-state index contributed by atoms with van der Waals surface area (Å²) >= 11 is 0. The van der Waals surface area contributed by atoms with E-state index >= 15 is 0 Å². The number of nitrogens with zero attached hydrogens (tertiary/aromatic N) is 4. The summed E-state index contributed by atoms with van der Waals surface area (Å²) in [6.45, 7) is 11.2. The predicted octanol–water partition coefficient (Wildman–Crippen LogP) is 4.34. The Labute approximate surface area is 154 Å². The van der Waals surface area contributed by atoms with Gasteiger partial charge in [0, 0.05) is 40.9 Å². The summed E-state index contributed by atoms with van der Waals surface area (Å²) in [5, 5.41) is 11.5. The highest BCUT2D eigenvalue weighted by atomic mass is 16.5. The number of hydrogen-bond donors (Lipinski definition) is 0. The van der Waals surface area contributed by atoms with Crippen molar-refractivity contribution < 1.29 is 4.74 Å². The molecule has 0 radical (unpaired) electrons. The molecule has 0 atom stereocenters. The summed E-state index contributed by atoms with van der Waals surface area (Å²) in [4.78, 5) is 2.38. The van der Waals surface area contributed by atoms with E-state index in [0.717, 1.165) is 36.0 Å². The SMILES string of the molecule is CCOc1ccc(-n2c(C)c3c(C)nnc(N4CCCC4)c3c2C)cc1. The Kier molecular flexibility index (Phi) is 4.31. The largest absolute Gasteiger partial charge is 0.494 e. The lowest BCUT2D eigenvalue weighted by molar-refractivity contribution is 0.340. The minimum atomic E-state index is 0.681. The molecule has 0 unspecified atom stereocenters. The first kappa shape index (κ1) is 16.9. The van der Waals surface area contributed by atoms with Gasteiger partial charge in [0.1, 0.15) is 5.75 Å². The maximum absolute atomic E-state index is 5.59. The van der Waals surface area contributed by atoms with Crippen molar-refractivity contribution in [2.24, 2.45) is 0 Å². The summed E-state index contributed by atoms with van der Waals surface area (Å²) < 4.78 is 7.90. The predicted molar refractivity (Wildman–Crippen MR) is 106 cm³/mol. The van der Waals surface area contributed by atoms with Crippen LogP contribution in [-0.2, 0) is 0 Å². The van der Waals surface area contributed by atoms with E-state index in [2.05, 4.69) is 52.6 Å². The lowest BCUT2D eigenvalue weighted by Crippen LogP contribution is -2.20. The summed E-state index contributed by atoms with van der Waals surface area (Å²) in [6.07, 6.45) is 2.46. The Morgan fingerprint density at radius 1 is 0.923 bits per heavy atom. The molecule has 0 aliphatic carbocycles. The van der Waals surface area contributed by atoms with Crippen LogP contribution in [-0.4, -0.2) is 34.5 Å². The second-order valence-electron chi connectivity index (χ2n) is 6.99. The molecule has 26 heavy (non-hydrogen) atoms. The smallest absolute Gasteiger partial charge is 0.161 e. The highest BCUT2D eigenvalue weighted by Gasteiger charge is 2.23. The van der Waals surface area contributed by atoms with Crippen LogP contribution in [0.25, 0.3) is 16.5 Å². The molecule has 0 amide bonds. The number of benzene rings is 1. The van der Waals surface area contributed by atoms with Gasteiger partial charge in [-0.3, -0.25) is 0 Å². The Bertz CT molecular complexity index is 937. The molecule has 3 heterocycles. The minimum Gasteiger partial charge on any atom is -0.494 e. The Balaban J connectivity index is 1.90. The van der Waals surface area contributed by atoms with Crippen LogP contribution in [0.3, 0.4) is 0 Å². The number of aromatic nitrogens is 3. The van der Waals surface area contributed by atoms with Gasteiger partial charge in [0.05, 0.1) is 12.3 Å². The fraction of sp³-hybridized carbons (Fsp3) is 0.429. The van der Waals surface area contributed by atoms with Crippen molar-refractivity contribution in [1.82, 2.24) is 14.8 Å². The zero-order chi connectivity index (χ0) is 18.3. The monoisotopic (exact) mass is 350 g/mol. The molecule has 136 valence electrons. The number of fused-ring (bicyclic) bond motifs is 1. The van der Waals surface area contributed by atoms with Crippen molar-refractivity contribution in [3.05, 3.63) is 41.3 Å². The molecule has 0 N–H and O–H groups in total. The van der Waals surface area contributed by atoms with E-state index in [4.69, 9.17) is 4.74 Å². The van der Waals surface area contributed by atoms with Gasteiger partial charge in [-0.15, -0.1) is 5.10 Å². The molecule has 0 bridgehead atoms. The highest BCUT2D eigenvalue weighted by Crippen LogP contribution is 2.36. The average Bonchev–Trinajstić information content (AvgIpc) is 3.25. The molecule has 3 aromatic rings. The topological polar surface area (TPSA) is 43.2 Å². The fourth-order valence-corrected chi connectivity index (χ4v) is 4.17. The fourth-order valence-electron chi connectivity index (χ4n) is 4.17. The number of hydrogen-bond acceptors (Lipinski definition) is 4. The molecule has 4 rings (SSSR count). The Morgan fingerprint density at radius 3 is 2.23 bits per heavy atom. The van der Waals surface area contributed by atoms with Crippen LogP contribution in [0.2, 0.25) is 0 Å². The average molecular weight is 350 g/mol. The first-order chi connectivity index (χ1) is 12.6. The molecular weight excluding hydrogens is 324 g/mol. The molecule has 5 nitrogen and oxygen atoms in total. The molecule has 0 spiro atoms. The van der Waals surface area contributed by atoms with Crippen molar-refractivity contribution in [3.63, 3.8) is 0 Å². The van der Waals surface area contributed by atoms with E-state index in [0.29, 0.717) is 6.61 Å². The maximum Gasteiger partial charge on any atom is 0.161 e. The Morgan fingerprint density at radius 2 is 1.58 bits per heavy atom. The summed E-state index contributed by atoms with van der Waals surface area (Å²) in [5.74, 6) is 1.94. The van der Waals surface area contributed by atoms with Crippen molar-refractivity contribution >= 4 is 16.6 Å². The summed E-state index contributed by atoms with van der Waals surface area (Å²) in [6, 6.07) is 8.31. The van der Waals surface area contributed by atoms with E-state index < -0.39 is 0 Å². The van der Waals surface area contributed by atoms with Gasteiger partial charge < -0.3 is 14.2 Å². The van der Waals surface area contributed by atoms with Crippen molar-refractivity contribution in [1.29, 1.82) is 0 Å². The number of anilines is 1. The van der Waals surface area contributed by atoms with E-state index in [9.17, 15) is 0 Å². The molecule has 1 saturated heterocycles. The van der Waals surface area contributed by atoms with Crippen LogP contribution in [0.4, 0.5) is 5.82 Å². The molecule has 2 aromatic heterocycles. The first-order valence-corrected chi connectivity index (χ1v) is 9.45. The van der Waals surface area contributed by atoms with E-state index in [1.54, 1.807) is 0 Å². The van der Waals surface area contributed by atoms with E-state index in [1.807, 2.05) is 19.1 Å². The third-order valence-electron chi connectivity index (χ3n) is 5.34. The quantitative estimate of drug-likeness (QED) is 0.702. The number of aryl methyl sites for hydroxylation is 3. The lowest BCUT2D eigenvalue weighted by atomic mass is 10.1. The van der Waals surface area contributed by atoms with Gasteiger partial charge in [-0.1, -0.05) is 0 Å². The van der Waals surface area contributed by atoms with E-state index in [1.165, 1.54) is 35.0 Å². The summed E-state index contributed by atoms with van der Waals surface area (Å²) in [5.41, 5.74) is 4.58. The number of ether oxygens (including phenoxy) is 1. The van der Waals surface area contributed by atoms with Gasteiger partial charge in [0.15, 0.2) is 5.82 Å². The lowest BCUT2D eigenvalue weighted by Gasteiger charge is -2.17. The molecule has 1 aliphatic heterocycles. The highest BCUT2D eigenvalue weighted by molar-refractivity contribution is 5.98. The van der Waals surface area contributed by atoms with Gasteiger partial charge in [-0.25, -0.2) is 0 Å². The van der Waals surface area contributed by atoms with Crippen LogP contribution in [0.5, 0.6) is 5.75 Å². The molecule has 1 fully saturated rings. The van der Waals surface area contributed by atoms with Gasteiger partial charge in [0.25, 0.3) is 0 Å². The molecule has 1 aliphatic rings. The van der Waals surface area contributed by atoms with Crippen molar-refractivity contribution in [2.45, 2.75) is 40.5 Å². The zero-order valence-corrected chi connectivity index (χ0v) is 16.0. The zero-order valence-electron chi connectivity index (χ0n) is 16.0. The standard InChI is InChI=1S/C21H26N4O/c1-5-26-18-10-8-17(9-11-18)25-15(3)19-14(2)22-23-21(20(19)16(25)4)24-12-6-7-13-24/h8-11H,5-7,12-13H2,1-4H3. The number of rotatable bonds is 4. The summed E-state index contributed by atoms with van der Waals surface area (Å²) in [7, 11) is 0. The molecule has 0 saturated carbocycles. The van der Waals surface area contributed by atoms with Crippen LogP contribution in [0, 0.1) is 20.8 Å². The third-order valence-corrected chi connectivity index (χ3v) is 5.34. The van der Waals surface area contributed by atoms with Gasteiger partial charge >= 0.3 is 0 Å². The normalized spacial score (nSPS) is 14.4. The Hall–Kier alpha value is -2.56. The van der Waals surface area contributed by atoms with E-state index in [-0.39, 0.29) is 0 Å². The van der Waals surface area contributed by atoms with Crippen molar-refractivity contribution in [2.75, 3.05) is 24.6 Å². The van der Waals surface area contributed by atoms with Gasteiger partial charge in [-0.05, 0) is 64.8 Å². The maximum atomic E-state index is 5.59. The minimum absolute atomic E-state index is 0.681. The van der Waals surface area contributed by atoms with Crippen molar-refractivity contribution in [3.8, 4) is 11.4 Å².